The Labute approximate surface area is 191 Å². The number of fused-ring (bicyclic) bond motifs is 1. The third-order valence-electron chi connectivity index (χ3n) is 5.12. The summed E-state index contributed by atoms with van der Waals surface area (Å²) >= 11 is 12.1. The van der Waals surface area contributed by atoms with Gasteiger partial charge in [-0.25, -0.2) is 4.79 Å². The first-order chi connectivity index (χ1) is 15.0. The van der Waals surface area contributed by atoms with Crippen LogP contribution in [0.25, 0.3) is 0 Å². The lowest BCUT2D eigenvalue weighted by Crippen LogP contribution is -2.30. The van der Waals surface area contributed by atoms with Gasteiger partial charge < -0.3 is 4.74 Å². The second-order valence-corrected chi connectivity index (χ2v) is 8.43. The number of hydrogen-bond donors (Lipinski definition) is 1. The van der Waals surface area contributed by atoms with Crippen LogP contribution >= 0.6 is 23.2 Å². The molecule has 0 saturated heterocycles. The second kappa shape index (κ2) is 9.54. The van der Waals surface area contributed by atoms with E-state index in [4.69, 9.17) is 27.9 Å². The highest BCUT2D eigenvalue weighted by atomic mass is 35.5. The first-order valence-corrected chi connectivity index (χ1v) is 10.5. The van der Waals surface area contributed by atoms with Crippen LogP contribution in [-0.4, -0.2) is 20.8 Å². The van der Waals surface area contributed by atoms with Crippen LogP contribution in [0.1, 0.15) is 30.4 Å². The summed E-state index contributed by atoms with van der Waals surface area (Å²) in [5.74, 6) is -0.381. The van der Waals surface area contributed by atoms with Crippen LogP contribution in [0.2, 0.25) is 5.02 Å². The quantitative estimate of drug-likeness (QED) is 0.474. The lowest BCUT2D eigenvalue weighted by atomic mass is 9.95. The highest BCUT2D eigenvalue weighted by Gasteiger charge is 2.34. The summed E-state index contributed by atoms with van der Waals surface area (Å²) in [5, 5.41) is -0.791. The van der Waals surface area contributed by atoms with Crippen molar-refractivity contribution in [3.8, 4) is 5.75 Å². The summed E-state index contributed by atoms with van der Waals surface area (Å²) in [5.41, 5.74) is -1.99. The van der Waals surface area contributed by atoms with E-state index < -0.39 is 33.9 Å². The molecule has 1 N–H and O–H groups in total. The number of H-pyrrole nitrogens is 1. The van der Waals surface area contributed by atoms with Gasteiger partial charge in [0.25, 0.3) is 5.56 Å². The number of aromatic nitrogens is 2. The zero-order chi connectivity index (χ0) is 23.6. The second-order valence-electron chi connectivity index (χ2n) is 7.40. The smallest absolute Gasteiger partial charge is 0.417 e. The van der Waals surface area contributed by atoms with Crippen molar-refractivity contribution in [1.29, 1.82) is 0 Å². The van der Waals surface area contributed by atoms with Gasteiger partial charge in [-0.2, -0.15) is 18.2 Å². The highest BCUT2D eigenvalue weighted by molar-refractivity contribution is 6.31. The Morgan fingerprint density at radius 3 is 2.78 bits per heavy atom. The molecule has 2 heterocycles. The number of aromatic amines is 1. The maximum absolute atomic E-state index is 13.3. The van der Waals surface area contributed by atoms with Gasteiger partial charge in [0, 0.05) is 18.3 Å². The SMILES string of the molecule is C=CCC(Cl)CC1CCc2c(n(C)c(=O)[nH]c2=O)N=C1Oc1ccc(Cl)c(C(F)(F)F)c1. The molecule has 11 heteroatoms. The molecule has 2 atom stereocenters. The van der Waals surface area contributed by atoms with Gasteiger partial charge in [-0.3, -0.25) is 14.3 Å². The number of nitrogens with one attached hydrogen (secondary N) is 1. The molecule has 6 nitrogen and oxygen atoms in total. The van der Waals surface area contributed by atoms with E-state index in [9.17, 15) is 22.8 Å². The summed E-state index contributed by atoms with van der Waals surface area (Å²) in [7, 11) is 1.44. The fourth-order valence-electron chi connectivity index (χ4n) is 3.48. The average molecular weight is 490 g/mol. The minimum atomic E-state index is -4.67. The Morgan fingerprint density at radius 1 is 1.41 bits per heavy atom. The van der Waals surface area contributed by atoms with Gasteiger partial charge in [0.2, 0.25) is 0 Å². The van der Waals surface area contributed by atoms with Gasteiger partial charge >= 0.3 is 11.9 Å². The van der Waals surface area contributed by atoms with Gasteiger partial charge in [-0.1, -0.05) is 17.7 Å². The summed E-state index contributed by atoms with van der Waals surface area (Å²) in [4.78, 5) is 31.0. The van der Waals surface area contributed by atoms with E-state index in [0.717, 1.165) is 16.7 Å². The Bertz CT molecular complexity index is 1170. The largest absolute Gasteiger partial charge is 0.443 e. The molecular weight excluding hydrogens is 470 g/mol. The molecule has 1 aliphatic heterocycles. The zero-order valence-electron chi connectivity index (χ0n) is 17.0. The molecule has 32 heavy (non-hydrogen) atoms. The van der Waals surface area contributed by atoms with Gasteiger partial charge in [0.05, 0.1) is 16.1 Å². The van der Waals surface area contributed by atoms with E-state index in [1.807, 2.05) is 0 Å². The Hall–Kier alpha value is -2.52. The predicted molar refractivity (Wildman–Crippen MR) is 117 cm³/mol. The molecule has 0 amide bonds. The number of ether oxygens (including phenoxy) is 1. The predicted octanol–water partition coefficient (Wildman–Crippen LogP) is 4.99. The third-order valence-corrected chi connectivity index (χ3v) is 5.81. The molecule has 0 aliphatic carbocycles. The van der Waals surface area contributed by atoms with Crippen LogP contribution in [-0.2, 0) is 19.6 Å². The molecule has 1 aromatic heterocycles. The molecule has 172 valence electrons. The number of halogens is 5. The van der Waals surface area contributed by atoms with Gasteiger partial charge in [-0.15, -0.1) is 18.2 Å². The van der Waals surface area contributed by atoms with E-state index in [0.29, 0.717) is 19.3 Å². The van der Waals surface area contributed by atoms with Crippen molar-refractivity contribution in [2.24, 2.45) is 18.0 Å². The van der Waals surface area contributed by atoms with Crippen molar-refractivity contribution in [2.75, 3.05) is 0 Å². The molecule has 0 radical (unpaired) electrons. The normalized spacial score (nSPS) is 17.2. The molecule has 3 rings (SSSR count). The molecule has 0 bridgehead atoms. The Kier molecular flexibility index (Phi) is 7.19. The summed E-state index contributed by atoms with van der Waals surface area (Å²) in [6.07, 6.45) is -1.46. The van der Waals surface area contributed by atoms with Crippen molar-refractivity contribution in [2.45, 2.75) is 37.2 Å². The molecule has 0 spiro atoms. The average Bonchev–Trinajstić information content (AvgIpc) is 2.87. The van der Waals surface area contributed by atoms with Crippen molar-refractivity contribution in [1.82, 2.24) is 9.55 Å². The number of allylic oxidation sites excluding steroid dienone is 1. The summed E-state index contributed by atoms with van der Waals surface area (Å²) < 4.78 is 46.8. The number of alkyl halides is 4. The van der Waals surface area contributed by atoms with E-state index >= 15 is 0 Å². The van der Waals surface area contributed by atoms with Gasteiger partial charge in [0.1, 0.15) is 11.6 Å². The first kappa shape index (κ1) is 24.1. The lowest BCUT2D eigenvalue weighted by Gasteiger charge is -2.20. The Morgan fingerprint density at radius 2 is 2.12 bits per heavy atom. The molecular formula is C21H20Cl2F3N3O3. The minimum absolute atomic E-state index is 0.0644. The van der Waals surface area contributed by atoms with Crippen LogP contribution in [0, 0.1) is 5.92 Å². The maximum Gasteiger partial charge on any atom is 0.417 e. The number of aliphatic imine (C=N–C) groups is 1. The number of hydrogen-bond acceptors (Lipinski definition) is 4. The zero-order valence-corrected chi connectivity index (χ0v) is 18.5. The standard InChI is InChI=1S/C21H20Cl2F3N3O3/c1-3-4-12(22)9-11-5-7-14-17(29(2)20(31)28-18(14)30)27-19(11)32-13-6-8-16(23)15(10-13)21(24,25)26/h3,6,8,10-12H,1,4-5,7,9H2,2H3,(H,28,30,31). The minimum Gasteiger partial charge on any atom is -0.443 e. The van der Waals surface area contributed by atoms with Gasteiger partial charge in [-0.05, 0) is 43.9 Å². The lowest BCUT2D eigenvalue weighted by molar-refractivity contribution is -0.137. The van der Waals surface area contributed by atoms with Crippen LogP contribution < -0.4 is 16.0 Å². The van der Waals surface area contributed by atoms with Crippen molar-refractivity contribution >= 4 is 34.9 Å². The molecule has 1 aromatic carbocycles. The molecule has 2 unspecified atom stereocenters. The molecule has 1 aliphatic rings. The summed E-state index contributed by atoms with van der Waals surface area (Å²) in [6, 6.07) is 3.16. The van der Waals surface area contributed by atoms with E-state index in [2.05, 4.69) is 16.6 Å². The van der Waals surface area contributed by atoms with Gasteiger partial charge in [0.15, 0.2) is 5.90 Å². The Balaban J connectivity index is 2.09. The summed E-state index contributed by atoms with van der Waals surface area (Å²) in [6.45, 7) is 3.66. The third kappa shape index (κ3) is 5.27. The van der Waals surface area contributed by atoms with Crippen molar-refractivity contribution in [3.63, 3.8) is 0 Å². The number of benzene rings is 1. The molecule has 0 fully saturated rings. The topological polar surface area (TPSA) is 76.5 Å². The number of rotatable bonds is 5. The molecule has 2 aromatic rings. The van der Waals surface area contributed by atoms with Crippen LogP contribution in [0.5, 0.6) is 5.75 Å². The van der Waals surface area contributed by atoms with Crippen molar-refractivity contribution in [3.05, 3.63) is 67.8 Å². The van der Waals surface area contributed by atoms with Crippen LogP contribution in [0.15, 0.2) is 45.4 Å². The fourth-order valence-corrected chi connectivity index (χ4v) is 4.04. The number of nitrogens with zero attached hydrogens (tertiary/aromatic N) is 2. The van der Waals surface area contributed by atoms with E-state index in [1.165, 1.54) is 13.1 Å². The van der Waals surface area contributed by atoms with Crippen LogP contribution in [0.3, 0.4) is 0 Å². The first-order valence-electron chi connectivity index (χ1n) is 9.71. The van der Waals surface area contributed by atoms with Crippen LogP contribution in [0.4, 0.5) is 19.0 Å². The van der Waals surface area contributed by atoms with E-state index in [-0.39, 0.29) is 34.8 Å². The van der Waals surface area contributed by atoms with E-state index in [1.54, 1.807) is 6.08 Å². The maximum atomic E-state index is 13.3. The highest BCUT2D eigenvalue weighted by Crippen LogP contribution is 2.37. The van der Waals surface area contributed by atoms with Crippen molar-refractivity contribution < 1.29 is 17.9 Å². The fraction of sp³-hybridized carbons (Fsp3) is 0.381. The monoisotopic (exact) mass is 489 g/mol. The molecule has 0 saturated carbocycles.